The Hall–Kier alpha value is -3.13. The maximum atomic E-state index is 2.38. The van der Waals surface area contributed by atoms with Gasteiger partial charge in [-0.05, 0) is 48.1 Å². The summed E-state index contributed by atoms with van der Waals surface area (Å²) in [6.07, 6.45) is 18.4. The molecule has 5 rings (SSSR count). The monoisotopic (exact) mass is 407 g/mol. The van der Waals surface area contributed by atoms with Crippen molar-refractivity contribution < 1.29 is 4.58 Å². The Morgan fingerprint density at radius 2 is 1.77 bits per heavy atom. The number of hydrogen-bond acceptors (Lipinski definition) is 1. The van der Waals surface area contributed by atoms with Crippen molar-refractivity contribution in [1.82, 2.24) is 0 Å². The number of hydrogen-bond donors (Lipinski definition) is 0. The van der Waals surface area contributed by atoms with Gasteiger partial charge in [0, 0.05) is 41.6 Å². The highest BCUT2D eigenvalue weighted by Gasteiger charge is 2.37. The highest BCUT2D eigenvalue weighted by Crippen LogP contribution is 2.46. The first kappa shape index (κ1) is 19.8. The molecule has 2 heterocycles. The van der Waals surface area contributed by atoms with E-state index in [0.717, 1.165) is 19.3 Å². The quantitative estimate of drug-likeness (QED) is 0.506. The van der Waals surface area contributed by atoms with Gasteiger partial charge < -0.3 is 4.90 Å². The molecule has 3 aliphatic rings. The van der Waals surface area contributed by atoms with Crippen LogP contribution >= 0.6 is 0 Å². The summed E-state index contributed by atoms with van der Waals surface area (Å²) < 4.78 is 2.27. The fraction of sp³-hybridized carbons (Fsp3) is 0.276. The lowest BCUT2D eigenvalue weighted by Gasteiger charge is -2.24. The third-order valence-electron chi connectivity index (χ3n) is 6.92. The van der Waals surface area contributed by atoms with Crippen molar-refractivity contribution in [2.45, 2.75) is 44.9 Å². The first-order valence-electron chi connectivity index (χ1n) is 11.4. The summed E-state index contributed by atoms with van der Waals surface area (Å²) in [6, 6.07) is 17.4. The van der Waals surface area contributed by atoms with E-state index in [1.54, 1.807) is 0 Å². The summed E-state index contributed by atoms with van der Waals surface area (Å²) >= 11 is 0. The molecule has 0 saturated heterocycles. The smallest absolute Gasteiger partial charge is 0.214 e. The van der Waals surface area contributed by atoms with E-state index in [1.807, 2.05) is 0 Å². The molecule has 2 nitrogen and oxygen atoms in total. The Bertz CT molecular complexity index is 1170. The van der Waals surface area contributed by atoms with Crippen LogP contribution in [0.15, 0.2) is 95.9 Å². The molecule has 2 heteroatoms. The molecule has 0 aromatic heterocycles. The summed E-state index contributed by atoms with van der Waals surface area (Å²) in [5.74, 6) is 0. The molecule has 0 radical (unpaired) electrons. The standard InChI is InChI=1S/C29H31N2/c1-29(2)25-12-5-7-14-27(25)30(3)28(29)16-15-22-9-8-10-23(21-22)17-19-31-20-18-24-11-4-6-13-26(24)31/h4-7,11-17,19-21H,8-10,18H2,1-3H3/q+1/b19-17+,22-15+,28-16+. The van der Waals surface area contributed by atoms with Crippen LogP contribution in [0.5, 0.6) is 0 Å². The molecule has 0 atom stereocenters. The second kappa shape index (κ2) is 7.85. The van der Waals surface area contributed by atoms with Gasteiger partial charge in [0.25, 0.3) is 0 Å². The Labute approximate surface area is 186 Å². The van der Waals surface area contributed by atoms with Crippen LogP contribution in [0.3, 0.4) is 0 Å². The number of para-hydroxylation sites is 2. The van der Waals surface area contributed by atoms with Crippen molar-refractivity contribution in [3.05, 3.63) is 107 Å². The minimum Gasteiger partial charge on any atom is -0.347 e. The molecule has 0 fully saturated rings. The maximum absolute atomic E-state index is 2.38. The van der Waals surface area contributed by atoms with E-state index in [-0.39, 0.29) is 5.41 Å². The molecule has 0 unspecified atom stereocenters. The summed E-state index contributed by atoms with van der Waals surface area (Å²) in [6.45, 7) is 4.66. The lowest BCUT2D eigenvalue weighted by Crippen LogP contribution is -2.22. The topological polar surface area (TPSA) is 6.25 Å². The van der Waals surface area contributed by atoms with Gasteiger partial charge in [-0.3, -0.25) is 0 Å². The second-order valence-electron chi connectivity index (χ2n) is 9.31. The lowest BCUT2D eigenvalue weighted by molar-refractivity contribution is -0.351. The zero-order valence-corrected chi connectivity index (χ0v) is 18.8. The highest BCUT2D eigenvalue weighted by atomic mass is 15.2. The number of nitrogens with zero attached hydrogens (tertiary/aromatic N) is 2. The predicted molar refractivity (Wildman–Crippen MR) is 131 cm³/mol. The van der Waals surface area contributed by atoms with Gasteiger partial charge in [-0.25, -0.2) is 0 Å². The summed E-state index contributed by atoms with van der Waals surface area (Å²) in [5.41, 5.74) is 9.67. The van der Waals surface area contributed by atoms with E-state index >= 15 is 0 Å². The van der Waals surface area contributed by atoms with Gasteiger partial charge in [0.2, 0.25) is 5.69 Å². The van der Waals surface area contributed by atoms with Gasteiger partial charge in [0.15, 0.2) is 12.4 Å². The highest BCUT2D eigenvalue weighted by molar-refractivity contribution is 5.70. The normalized spacial score (nSPS) is 22.1. The van der Waals surface area contributed by atoms with Gasteiger partial charge in [-0.15, -0.1) is 0 Å². The van der Waals surface area contributed by atoms with Crippen LogP contribution in [0.2, 0.25) is 0 Å². The summed E-state index contributed by atoms with van der Waals surface area (Å²) in [5, 5.41) is 0. The molecule has 31 heavy (non-hydrogen) atoms. The fourth-order valence-corrected chi connectivity index (χ4v) is 5.18. The van der Waals surface area contributed by atoms with Crippen molar-refractivity contribution in [2.24, 2.45) is 0 Å². The summed E-state index contributed by atoms with van der Waals surface area (Å²) in [4.78, 5) is 2.35. The zero-order valence-electron chi connectivity index (χ0n) is 18.8. The Morgan fingerprint density at radius 3 is 2.65 bits per heavy atom. The van der Waals surface area contributed by atoms with Gasteiger partial charge in [-0.1, -0.05) is 62.4 Å². The third kappa shape index (κ3) is 3.61. The largest absolute Gasteiger partial charge is 0.347 e. The molecule has 0 N–H and O–H groups in total. The summed E-state index contributed by atoms with van der Waals surface area (Å²) in [7, 11) is 2.19. The molecule has 2 aliphatic heterocycles. The Kier molecular flexibility index (Phi) is 5.02. The average Bonchev–Trinajstić information content (AvgIpc) is 3.28. The first-order chi connectivity index (χ1) is 15.0. The number of allylic oxidation sites excluding steroid dienone is 7. The van der Waals surface area contributed by atoms with Crippen molar-refractivity contribution in [3.8, 4) is 0 Å². The molecule has 0 spiro atoms. The van der Waals surface area contributed by atoms with Gasteiger partial charge in [0.05, 0.1) is 6.42 Å². The van der Waals surface area contributed by atoms with Crippen LogP contribution in [-0.4, -0.2) is 17.8 Å². The third-order valence-corrected chi connectivity index (χ3v) is 6.92. The molecule has 2 aromatic rings. The van der Waals surface area contributed by atoms with E-state index in [4.69, 9.17) is 0 Å². The number of rotatable bonds is 3. The van der Waals surface area contributed by atoms with E-state index in [1.165, 1.54) is 45.8 Å². The lowest BCUT2D eigenvalue weighted by atomic mass is 9.83. The number of fused-ring (bicyclic) bond motifs is 2. The molecule has 1 aliphatic carbocycles. The van der Waals surface area contributed by atoms with E-state index in [0.29, 0.717) is 0 Å². The molecule has 156 valence electrons. The van der Waals surface area contributed by atoms with Crippen molar-refractivity contribution in [1.29, 1.82) is 0 Å². The van der Waals surface area contributed by atoms with Crippen molar-refractivity contribution in [3.63, 3.8) is 0 Å². The van der Waals surface area contributed by atoms with Crippen LogP contribution in [0.1, 0.15) is 44.2 Å². The van der Waals surface area contributed by atoms with Crippen LogP contribution in [0.25, 0.3) is 0 Å². The number of benzene rings is 2. The molecule has 0 amide bonds. The minimum atomic E-state index is 0.0303. The van der Waals surface area contributed by atoms with Crippen LogP contribution < -0.4 is 4.90 Å². The minimum absolute atomic E-state index is 0.0303. The maximum Gasteiger partial charge on any atom is 0.214 e. The fourth-order valence-electron chi connectivity index (χ4n) is 5.18. The number of likely N-dealkylation sites (N-methyl/N-ethyl adjacent to an activating group) is 1. The SMILES string of the molecule is CN1/C(=C/C=C2C=C(/C=C/[N+]3=CCc4ccccc43)CCC/2)C(C)(C)c2ccccc21. The van der Waals surface area contributed by atoms with Crippen molar-refractivity contribution >= 4 is 17.6 Å². The van der Waals surface area contributed by atoms with Gasteiger partial charge in [0.1, 0.15) is 0 Å². The Balaban J connectivity index is 1.38. The average molecular weight is 408 g/mol. The zero-order chi connectivity index (χ0) is 21.4. The molecular formula is C29H31N2+. The van der Waals surface area contributed by atoms with Crippen molar-refractivity contribution in [2.75, 3.05) is 11.9 Å². The molecular weight excluding hydrogens is 376 g/mol. The molecule has 0 bridgehead atoms. The predicted octanol–water partition coefficient (Wildman–Crippen LogP) is 6.82. The molecule has 2 aromatic carbocycles. The van der Waals surface area contributed by atoms with E-state index < -0.39 is 0 Å². The van der Waals surface area contributed by atoms with Crippen LogP contribution in [0, 0.1) is 0 Å². The van der Waals surface area contributed by atoms with Gasteiger partial charge in [-0.2, -0.15) is 4.58 Å². The van der Waals surface area contributed by atoms with Gasteiger partial charge >= 0.3 is 0 Å². The first-order valence-corrected chi connectivity index (χ1v) is 11.4. The Morgan fingerprint density at radius 1 is 0.968 bits per heavy atom. The molecule has 0 saturated carbocycles. The van der Waals surface area contributed by atoms with E-state index in [2.05, 4.69) is 116 Å². The van der Waals surface area contributed by atoms with Crippen LogP contribution in [0.4, 0.5) is 11.4 Å². The number of anilines is 1. The van der Waals surface area contributed by atoms with E-state index in [9.17, 15) is 0 Å². The second-order valence-corrected chi connectivity index (χ2v) is 9.31. The van der Waals surface area contributed by atoms with Crippen LogP contribution in [-0.2, 0) is 11.8 Å².